The zero-order valence-electron chi connectivity index (χ0n) is 13.7. The smallest absolute Gasteiger partial charge is 0.233 e. The summed E-state index contributed by atoms with van der Waals surface area (Å²) in [5.74, 6) is 0.583. The Morgan fingerprint density at radius 3 is 2.68 bits per heavy atom. The average Bonchev–Trinajstić information content (AvgIpc) is 3.36. The predicted octanol–water partition coefficient (Wildman–Crippen LogP) is 1.90. The van der Waals surface area contributed by atoms with Crippen LogP contribution in [0.1, 0.15) is 19.3 Å². The Kier molecular flexibility index (Phi) is 4.41. The molecule has 8 heteroatoms. The van der Waals surface area contributed by atoms with Crippen molar-refractivity contribution in [2.24, 2.45) is 0 Å². The third kappa shape index (κ3) is 3.64. The van der Waals surface area contributed by atoms with Crippen LogP contribution in [0.15, 0.2) is 35.6 Å². The zero-order chi connectivity index (χ0) is 17.4. The van der Waals surface area contributed by atoms with E-state index < -0.39 is 9.84 Å². The number of fused-ring (bicyclic) bond motifs is 1. The Balaban J connectivity index is 1.48. The van der Waals surface area contributed by atoms with Crippen LogP contribution in [0.2, 0.25) is 0 Å². The summed E-state index contributed by atoms with van der Waals surface area (Å²) in [6, 6.07) is 7.77. The summed E-state index contributed by atoms with van der Waals surface area (Å²) in [6.07, 6.45) is 4.02. The second-order valence-corrected chi connectivity index (χ2v) is 9.77. The first-order valence-corrected chi connectivity index (χ1v) is 11.2. The minimum atomic E-state index is -3.00. The highest BCUT2D eigenvalue weighted by Crippen LogP contribution is 2.33. The van der Waals surface area contributed by atoms with Gasteiger partial charge >= 0.3 is 0 Å². The molecule has 1 amide bonds. The quantitative estimate of drug-likeness (QED) is 0.585. The van der Waals surface area contributed by atoms with E-state index in [2.05, 4.69) is 9.97 Å². The fourth-order valence-corrected chi connectivity index (χ4v) is 5.92. The van der Waals surface area contributed by atoms with Gasteiger partial charge in [0.1, 0.15) is 11.4 Å². The van der Waals surface area contributed by atoms with Gasteiger partial charge in [-0.05, 0) is 25.3 Å². The van der Waals surface area contributed by atoms with Gasteiger partial charge in [-0.3, -0.25) is 4.79 Å². The lowest BCUT2D eigenvalue weighted by Crippen LogP contribution is -2.43. The number of carbonyl (C=O) groups excluding carboxylic acids is 1. The molecule has 1 saturated heterocycles. The Hall–Kier alpha value is -1.67. The molecular formula is C17H19N3O3S2. The van der Waals surface area contributed by atoms with Crippen LogP contribution in [0.3, 0.4) is 0 Å². The summed E-state index contributed by atoms with van der Waals surface area (Å²) in [4.78, 5) is 23.2. The van der Waals surface area contributed by atoms with Crippen molar-refractivity contribution in [2.75, 3.05) is 17.3 Å². The lowest BCUT2D eigenvalue weighted by molar-refractivity contribution is -0.130. The molecule has 0 unspecified atom stereocenters. The van der Waals surface area contributed by atoms with E-state index >= 15 is 0 Å². The number of amides is 1. The van der Waals surface area contributed by atoms with Crippen molar-refractivity contribution >= 4 is 38.4 Å². The summed E-state index contributed by atoms with van der Waals surface area (Å²) < 4.78 is 23.6. The maximum absolute atomic E-state index is 12.8. The highest BCUT2D eigenvalue weighted by molar-refractivity contribution is 8.00. The molecule has 1 saturated carbocycles. The number of rotatable bonds is 5. The summed E-state index contributed by atoms with van der Waals surface area (Å²) in [5.41, 5.74) is 0.855. The fraction of sp³-hybridized carbons (Fsp3) is 0.471. The number of thioether (sulfide) groups is 1. The van der Waals surface area contributed by atoms with Crippen LogP contribution in [0.5, 0.6) is 0 Å². The van der Waals surface area contributed by atoms with Crippen LogP contribution in [-0.4, -0.2) is 58.5 Å². The molecule has 1 aromatic heterocycles. The molecule has 2 aliphatic rings. The van der Waals surface area contributed by atoms with E-state index in [1.807, 2.05) is 29.2 Å². The summed E-state index contributed by atoms with van der Waals surface area (Å²) in [6.45, 7) is 0. The first kappa shape index (κ1) is 16.8. The second-order valence-electron chi connectivity index (χ2n) is 6.57. The lowest BCUT2D eigenvalue weighted by atomic mass is 10.2. The minimum Gasteiger partial charge on any atom is -0.335 e. The normalized spacial score (nSPS) is 22.2. The van der Waals surface area contributed by atoms with Gasteiger partial charge in [0.05, 0.1) is 22.8 Å². The molecule has 2 aromatic rings. The van der Waals surface area contributed by atoms with Crippen molar-refractivity contribution in [1.82, 2.24) is 14.9 Å². The second kappa shape index (κ2) is 6.57. The molecular weight excluding hydrogens is 358 g/mol. The van der Waals surface area contributed by atoms with Crippen LogP contribution < -0.4 is 0 Å². The Labute approximate surface area is 150 Å². The van der Waals surface area contributed by atoms with Gasteiger partial charge in [0, 0.05) is 17.5 Å². The number of para-hydroxylation sites is 1. The first-order chi connectivity index (χ1) is 12.0. The number of nitrogens with zero attached hydrogens (tertiary/aromatic N) is 3. The summed E-state index contributed by atoms with van der Waals surface area (Å²) in [7, 11) is -3.00. The molecule has 2 fully saturated rings. The van der Waals surface area contributed by atoms with Crippen molar-refractivity contribution < 1.29 is 13.2 Å². The van der Waals surface area contributed by atoms with Crippen LogP contribution in [0.4, 0.5) is 0 Å². The molecule has 1 aliphatic carbocycles. The highest BCUT2D eigenvalue weighted by atomic mass is 32.2. The highest BCUT2D eigenvalue weighted by Gasteiger charge is 2.41. The number of carbonyl (C=O) groups is 1. The summed E-state index contributed by atoms with van der Waals surface area (Å²) >= 11 is 1.40. The molecule has 25 heavy (non-hydrogen) atoms. The largest absolute Gasteiger partial charge is 0.335 e. The molecule has 1 aromatic carbocycles. The van der Waals surface area contributed by atoms with Crippen molar-refractivity contribution in [3.63, 3.8) is 0 Å². The molecule has 0 bridgehead atoms. The molecule has 4 rings (SSSR count). The molecule has 0 spiro atoms. The Bertz CT molecular complexity index is 907. The van der Waals surface area contributed by atoms with Crippen molar-refractivity contribution in [3.05, 3.63) is 30.6 Å². The molecule has 132 valence electrons. The third-order valence-corrected chi connectivity index (χ3v) is 7.41. The van der Waals surface area contributed by atoms with Crippen molar-refractivity contribution in [3.8, 4) is 0 Å². The average molecular weight is 377 g/mol. The number of hydrogen-bond donors (Lipinski definition) is 0. The van der Waals surface area contributed by atoms with Gasteiger partial charge in [-0.25, -0.2) is 18.4 Å². The maximum atomic E-state index is 12.8. The van der Waals surface area contributed by atoms with E-state index in [9.17, 15) is 13.2 Å². The van der Waals surface area contributed by atoms with E-state index in [0.29, 0.717) is 6.42 Å². The van der Waals surface area contributed by atoms with Crippen LogP contribution in [0.25, 0.3) is 10.9 Å². The molecule has 1 aliphatic heterocycles. The number of sulfone groups is 1. The zero-order valence-corrected chi connectivity index (χ0v) is 15.3. The van der Waals surface area contributed by atoms with E-state index in [-0.39, 0.29) is 35.2 Å². The first-order valence-electron chi connectivity index (χ1n) is 8.38. The Morgan fingerprint density at radius 1 is 1.16 bits per heavy atom. The van der Waals surface area contributed by atoms with E-state index in [1.54, 1.807) is 0 Å². The number of aromatic nitrogens is 2. The molecule has 1 atom stereocenters. The lowest BCUT2D eigenvalue weighted by Gasteiger charge is -2.28. The van der Waals surface area contributed by atoms with Crippen molar-refractivity contribution in [2.45, 2.75) is 36.4 Å². The van der Waals surface area contributed by atoms with E-state index in [4.69, 9.17) is 0 Å². The maximum Gasteiger partial charge on any atom is 0.233 e. The van der Waals surface area contributed by atoms with Gasteiger partial charge in [0.25, 0.3) is 0 Å². The molecule has 6 nitrogen and oxygen atoms in total. The van der Waals surface area contributed by atoms with Gasteiger partial charge in [-0.2, -0.15) is 0 Å². The monoisotopic (exact) mass is 377 g/mol. The predicted molar refractivity (Wildman–Crippen MR) is 97.2 cm³/mol. The summed E-state index contributed by atoms with van der Waals surface area (Å²) in [5, 5.41) is 1.72. The minimum absolute atomic E-state index is 0.0114. The topological polar surface area (TPSA) is 80.2 Å². The van der Waals surface area contributed by atoms with Crippen molar-refractivity contribution in [1.29, 1.82) is 0 Å². The molecule has 2 heterocycles. The van der Waals surface area contributed by atoms with Gasteiger partial charge < -0.3 is 4.90 Å². The van der Waals surface area contributed by atoms with E-state index in [0.717, 1.165) is 28.8 Å². The van der Waals surface area contributed by atoms with Gasteiger partial charge in [-0.15, -0.1) is 0 Å². The fourth-order valence-electron chi connectivity index (χ4n) is 3.35. The van der Waals surface area contributed by atoms with Crippen LogP contribution in [-0.2, 0) is 14.6 Å². The third-order valence-electron chi connectivity index (χ3n) is 4.67. The van der Waals surface area contributed by atoms with Crippen LogP contribution in [0, 0.1) is 0 Å². The van der Waals surface area contributed by atoms with Gasteiger partial charge in [0.15, 0.2) is 9.84 Å². The van der Waals surface area contributed by atoms with E-state index in [1.165, 1.54) is 18.1 Å². The van der Waals surface area contributed by atoms with Gasteiger partial charge in [-0.1, -0.05) is 30.0 Å². The Morgan fingerprint density at radius 2 is 1.96 bits per heavy atom. The standard InChI is InChI=1S/C17H19N3O3S2/c21-16(20(12-5-6-12)13-7-8-25(22,23)10-13)9-24-17-14-3-1-2-4-15(14)18-11-19-17/h1-4,11-13H,5-10H2/t13-/m0/s1. The SMILES string of the molecule is O=C(CSc1ncnc2ccccc12)N(C1CC1)[C@H]1CCS(=O)(=O)C1. The number of hydrogen-bond acceptors (Lipinski definition) is 6. The molecule has 0 radical (unpaired) electrons. The molecule has 0 N–H and O–H groups in total. The number of benzene rings is 1. The van der Waals surface area contributed by atoms with Gasteiger partial charge in [0.2, 0.25) is 5.91 Å². The van der Waals surface area contributed by atoms with Crippen LogP contribution >= 0.6 is 11.8 Å².